The minimum atomic E-state index is -4.21. The molecule has 35 heavy (non-hydrogen) atoms. The highest BCUT2D eigenvalue weighted by Crippen LogP contribution is 2.36. The molecule has 11 heteroatoms. The van der Waals surface area contributed by atoms with Crippen LogP contribution in [0.25, 0.3) is 11.1 Å². The highest BCUT2D eigenvalue weighted by Gasteiger charge is 2.42. The van der Waals surface area contributed by atoms with Gasteiger partial charge in [-0.1, -0.05) is 0 Å². The number of hydrogen-bond acceptors (Lipinski definition) is 6. The molecule has 0 aliphatic carbocycles. The molecule has 1 unspecified atom stereocenters. The Labute approximate surface area is 209 Å². The van der Waals surface area contributed by atoms with Crippen LogP contribution >= 0.6 is 12.4 Å². The molecule has 1 aliphatic rings. The molecule has 4 rings (SSSR count). The van der Waals surface area contributed by atoms with E-state index in [1.54, 1.807) is 22.9 Å². The lowest BCUT2D eigenvalue weighted by molar-refractivity contribution is -0.176. The number of anilines is 3. The molecule has 1 saturated heterocycles. The van der Waals surface area contributed by atoms with E-state index in [1.807, 2.05) is 51.1 Å². The fraction of sp³-hybridized carbons (Fsp3) is 0.458. The van der Waals surface area contributed by atoms with Crippen LogP contribution in [-0.2, 0) is 0 Å². The number of ether oxygens (including phenoxy) is 1. The van der Waals surface area contributed by atoms with Gasteiger partial charge in [-0.3, -0.25) is 4.98 Å². The first-order valence-corrected chi connectivity index (χ1v) is 11.3. The first-order valence-electron chi connectivity index (χ1n) is 11.3. The summed E-state index contributed by atoms with van der Waals surface area (Å²) in [6.45, 7) is 6.20. The zero-order chi connectivity index (χ0) is 24.5. The molecule has 0 spiro atoms. The van der Waals surface area contributed by atoms with Crippen LogP contribution < -0.4 is 15.0 Å². The van der Waals surface area contributed by atoms with Gasteiger partial charge in [-0.2, -0.15) is 18.2 Å². The third-order valence-corrected chi connectivity index (χ3v) is 5.93. The van der Waals surface area contributed by atoms with Crippen LogP contribution in [0.3, 0.4) is 0 Å². The predicted octanol–water partition coefficient (Wildman–Crippen LogP) is 6.18. The van der Waals surface area contributed by atoms with Crippen LogP contribution in [0.15, 0.2) is 36.5 Å². The van der Waals surface area contributed by atoms with Crippen LogP contribution in [0.4, 0.5) is 30.8 Å². The number of pyridine rings is 1. The van der Waals surface area contributed by atoms with Gasteiger partial charge in [-0.05, 0) is 63.4 Å². The summed E-state index contributed by atoms with van der Waals surface area (Å²) in [7, 11) is 1.61. The lowest BCUT2D eigenvalue weighted by Gasteiger charge is -2.34. The quantitative estimate of drug-likeness (QED) is 0.427. The number of hydrogen-bond donors (Lipinski definition) is 1. The molecular formula is C24H30ClF3N6O. The molecule has 1 atom stereocenters. The van der Waals surface area contributed by atoms with Gasteiger partial charge in [-0.15, -0.1) is 17.5 Å². The Morgan fingerprint density at radius 2 is 1.94 bits per heavy atom. The Morgan fingerprint density at radius 1 is 1.17 bits per heavy atom. The standard InChI is InChI=1S/C24H29F3N6O.ClH/c1-15(2)33-23(32-11-5-6-18(14-32)24(25,26)27)30-22(31-33)29-19-7-8-20(21(13-19)34-4)17-9-10-28-16(3)12-17;/h7-10,12-13,15,18H,5-6,11,14H2,1-4H3,(H,29,31);1H. The van der Waals surface area contributed by atoms with Crippen molar-refractivity contribution in [1.29, 1.82) is 0 Å². The number of halogens is 4. The molecule has 190 valence electrons. The minimum absolute atomic E-state index is 0. The van der Waals surface area contributed by atoms with Crippen LogP contribution in [0, 0.1) is 12.8 Å². The molecule has 2 aromatic heterocycles. The van der Waals surface area contributed by atoms with Crippen molar-refractivity contribution in [2.24, 2.45) is 5.92 Å². The average molecular weight is 511 g/mol. The summed E-state index contributed by atoms with van der Waals surface area (Å²) < 4.78 is 47.3. The molecule has 7 nitrogen and oxygen atoms in total. The van der Waals surface area contributed by atoms with Crippen LogP contribution in [0.5, 0.6) is 5.75 Å². The second-order valence-corrected chi connectivity index (χ2v) is 8.83. The van der Waals surface area contributed by atoms with Gasteiger partial charge in [0.05, 0.1) is 19.1 Å². The fourth-order valence-corrected chi connectivity index (χ4v) is 4.21. The smallest absolute Gasteiger partial charge is 0.393 e. The Hall–Kier alpha value is -3.01. The van der Waals surface area contributed by atoms with Crippen LogP contribution in [0.1, 0.15) is 38.4 Å². The number of alkyl halides is 3. The van der Waals surface area contributed by atoms with Gasteiger partial charge in [0.15, 0.2) is 0 Å². The monoisotopic (exact) mass is 510 g/mol. The van der Waals surface area contributed by atoms with Crippen molar-refractivity contribution >= 4 is 30.0 Å². The maximum Gasteiger partial charge on any atom is 0.393 e. The third-order valence-electron chi connectivity index (χ3n) is 5.93. The largest absolute Gasteiger partial charge is 0.496 e. The van der Waals surface area contributed by atoms with Crippen molar-refractivity contribution < 1.29 is 17.9 Å². The first kappa shape index (κ1) is 26.6. The van der Waals surface area contributed by atoms with Crippen LogP contribution in [-0.4, -0.2) is 46.1 Å². The van der Waals surface area contributed by atoms with E-state index in [0.29, 0.717) is 36.3 Å². The maximum absolute atomic E-state index is 13.3. The number of nitrogens with zero attached hydrogens (tertiary/aromatic N) is 5. The normalized spacial score (nSPS) is 16.2. The summed E-state index contributed by atoms with van der Waals surface area (Å²) in [6, 6.07) is 9.52. The van der Waals surface area contributed by atoms with Crippen molar-refractivity contribution in [2.45, 2.75) is 45.8 Å². The zero-order valence-corrected chi connectivity index (χ0v) is 21.0. The van der Waals surface area contributed by atoms with Crippen LogP contribution in [0.2, 0.25) is 0 Å². The predicted molar refractivity (Wildman–Crippen MR) is 133 cm³/mol. The molecule has 0 saturated carbocycles. The van der Waals surface area contributed by atoms with Crippen molar-refractivity contribution in [1.82, 2.24) is 19.7 Å². The molecule has 1 fully saturated rings. The van der Waals surface area contributed by atoms with E-state index in [0.717, 1.165) is 16.8 Å². The number of rotatable bonds is 6. The van der Waals surface area contributed by atoms with E-state index >= 15 is 0 Å². The van der Waals surface area contributed by atoms with Gasteiger partial charge in [0, 0.05) is 42.3 Å². The summed E-state index contributed by atoms with van der Waals surface area (Å²) in [4.78, 5) is 10.5. The topological polar surface area (TPSA) is 68.1 Å². The number of aromatic nitrogens is 4. The van der Waals surface area contributed by atoms with Gasteiger partial charge in [-0.25, -0.2) is 4.68 Å². The summed E-state index contributed by atoms with van der Waals surface area (Å²) >= 11 is 0. The molecule has 3 heterocycles. The highest BCUT2D eigenvalue weighted by atomic mass is 35.5. The molecule has 3 aromatic rings. The van der Waals surface area contributed by atoms with Gasteiger partial charge < -0.3 is 15.0 Å². The van der Waals surface area contributed by atoms with Gasteiger partial charge in [0.25, 0.3) is 0 Å². The van der Waals surface area contributed by atoms with Crippen molar-refractivity contribution in [3.63, 3.8) is 0 Å². The Balaban J connectivity index is 0.00000342. The third kappa shape index (κ3) is 5.98. The molecule has 1 N–H and O–H groups in total. The van der Waals surface area contributed by atoms with Gasteiger partial charge >= 0.3 is 6.18 Å². The Kier molecular flexibility index (Phi) is 8.15. The summed E-state index contributed by atoms with van der Waals surface area (Å²) in [5.41, 5.74) is 3.53. The summed E-state index contributed by atoms with van der Waals surface area (Å²) in [5, 5.41) is 7.72. The lowest BCUT2D eigenvalue weighted by atomic mass is 9.98. The fourth-order valence-electron chi connectivity index (χ4n) is 4.21. The molecule has 0 amide bonds. The Morgan fingerprint density at radius 3 is 2.60 bits per heavy atom. The number of benzene rings is 1. The second-order valence-electron chi connectivity index (χ2n) is 8.83. The van der Waals surface area contributed by atoms with E-state index in [9.17, 15) is 13.2 Å². The average Bonchev–Trinajstić information content (AvgIpc) is 3.23. The maximum atomic E-state index is 13.3. The van der Waals surface area contributed by atoms with Gasteiger partial charge in [0.1, 0.15) is 5.75 Å². The SMILES string of the molecule is COc1cc(Nc2nc(N3CCCC(C(F)(F)F)C3)n(C(C)C)n2)ccc1-c1ccnc(C)c1.Cl. The Bertz CT molecular complexity index is 1150. The van der Waals surface area contributed by atoms with E-state index in [4.69, 9.17) is 4.74 Å². The summed E-state index contributed by atoms with van der Waals surface area (Å²) in [5.74, 6) is 0.0847. The van der Waals surface area contributed by atoms with E-state index in [-0.39, 0.29) is 31.4 Å². The van der Waals surface area contributed by atoms with Crippen molar-refractivity contribution in [3.8, 4) is 16.9 Å². The van der Waals surface area contributed by atoms with E-state index in [2.05, 4.69) is 20.4 Å². The molecule has 0 radical (unpaired) electrons. The minimum Gasteiger partial charge on any atom is -0.496 e. The first-order chi connectivity index (χ1) is 16.2. The van der Waals surface area contributed by atoms with Crippen molar-refractivity contribution in [2.75, 3.05) is 30.4 Å². The van der Waals surface area contributed by atoms with E-state index < -0.39 is 12.1 Å². The second kappa shape index (κ2) is 10.7. The zero-order valence-electron chi connectivity index (χ0n) is 20.1. The van der Waals surface area contributed by atoms with Crippen molar-refractivity contribution in [3.05, 3.63) is 42.2 Å². The number of aryl methyl sites for hydroxylation is 1. The lowest BCUT2D eigenvalue weighted by Crippen LogP contribution is -2.43. The molecule has 0 bridgehead atoms. The van der Waals surface area contributed by atoms with E-state index in [1.165, 1.54) is 0 Å². The number of methoxy groups -OCH3 is 1. The molecular weight excluding hydrogens is 481 g/mol. The molecule has 1 aromatic carbocycles. The highest BCUT2D eigenvalue weighted by molar-refractivity contribution is 5.85. The number of piperidine rings is 1. The van der Waals surface area contributed by atoms with Gasteiger partial charge in [0.2, 0.25) is 11.9 Å². The summed E-state index contributed by atoms with van der Waals surface area (Å²) in [6.07, 6.45) is -1.85. The number of nitrogens with one attached hydrogen (secondary N) is 1. The molecule has 1 aliphatic heterocycles.